The molecule has 0 aliphatic rings. The normalized spacial score (nSPS) is 12.5. The predicted molar refractivity (Wildman–Crippen MR) is 297 cm³/mol. The summed E-state index contributed by atoms with van der Waals surface area (Å²) >= 11 is 0. The van der Waals surface area contributed by atoms with Crippen LogP contribution in [0.2, 0.25) is 0 Å². The molecular weight excluding hydrogens is 837 g/mol. The average molecular weight is 954 g/mol. The van der Waals surface area contributed by atoms with Crippen molar-refractivity contribution in [2.75, 3.05) is 13.2 Å². The van der Waals surface area contributed by atoms with Gasteiger partial charge in [-0.15, -0.1) is 0 Å². The number of unbranched alkanes of at least 4 members (excludes halogenated alkanes) is 40. The first-order chi connectivity index (χ1) is 33.6. The monoisotopic (exact) mass is 953 g/mol. The average Bonchev–Trinajstić information content (AvgIpc) is 3.34. The summed E-state index contributed by atoms with van der Waals surface area (Å²) in [5.74, 6) is -0.576. The highest BCUT2D eigenvalue weighted by Crippen LogP contribution is 2.17. The van der Waals surface area contributed by atoms with Gasteiger partial charge in [0.25, 0.3) is 0 Å². The van der Waals surface area contributed by atoms with E-state index in [4.69, 9.17) is 9.47 Å². The molecule has 68 heavy (non-hydrogen) atoms. The molecule has 5 nitrogen and oxygen atoms in total. The van der Waals surface area contributed by atoms with E-state index in [1.807, 2.05) is 0 Å². The molecule has 0 aliphatic heterocycles. The number of carbonyl (C=O) groups excluding carboxylic acids is 2. The third-order valence-electron chi connectivity index (χ3n) is 13.6. The maximum Gasteiger partial charge on any atom is 0.306 e. The topological polar surface area (TPSA) is 72.8 Å². The molecule has 0 aliphatic carbocycles. The first-order valence-electron chi connectivity index (χ1n) is 30.2. The van der Waals surface area contributed by atoms with E-state index in [2.05, 4.69) is 62.5 Å². The van der Waals surface area contributed by atoms with Crippen molar-refractivity contribution in [1.82, 2.24) is 0 Å². The van der Waals surface area contributed by atoms with Crippen LogP contribution in [0.4, 0.5) is 0 Å². The lowest BCUT2D eigenvalue weighted by Crippen LogP contribution is -2.28. The maximum atomic E-state index is 12.3. The van der Waals surface area contributed by atoms with E-state index in [-0.39, 0.29) is 25.2 Å². The van der Waals surface area contributed by atoms with Crippen molar-refractivity contribution in [2.45, 2.75) is 328 Å². The minimum Gasteiger partial charge on any atom is -0.462 e. The molecule has 0 amide bonds. The van der Waals surface area contributed by atoms with Crippen LogP contribution in [0.5, 0.6) is 0 Å². The summed E-state index contributed by atoms with van der Waals surface area (Å²) in [6, 6.07) is 0. The van der Waals surface area contributed by atoms with Gasteiger partial charge in [-0.2, -0.15) is 0 Å². The largest absolute Gasteiger partial charge is 0.462 e. The van der Waals surface area contributed by atoms with Crippen molar-refractivity contribution in [2.24, 2.45) is 0 Å². The highest BCUT2D eigenvalue weighted by Gasteiger charge is 2.16. The van der Waals surface area contributed by atoms with Gasteiger partial charge in [0.15, 0.2) is 6.10 Å². The Bertz CT molecular complexity index is 1120. The van der Waals surface area contributed by atoms with Crippen LogP contribution in [0, 0.1) is 0 Å². The number of hydrogen-bond acceptors (Lipinski definition) is 5. The molecule has 1 unspecified atom stereocenters. The van der Waals surface area contributed by atoms with Gasteiger partial charge in [0.1, 0.15) is 6.61 Å². The van der Waals surface area contributed by atoms with Crippen molar-refractivity contribution in [1.29, 1.82) is 0 Å². The van der Waals surface area contributed by atoms with Crippen molar-refractivity contribution in [3.8, 4) is 0 Å². The summed E-state index contributed by atoms with van der Waals surface area (Å²) in [5, 5.41) is 9.67. The minimum absolute atomic E-state index is 0.0631. The summed E-state index contributed by atoms with van der Waals surface area (Å²) in [6.07, 6.45) is 78.1. The van der Waals surface area contributed by atoms with E-state index in [1.165, 1.54) is 244 Å². The van der Waals surface area contributed by atoms with E-state index in [1.54, 1.807) is 0 Å². The van der Waals surface area contributed by atoms with Crippen LogP contribution in [0.3, 0.4) is 0 Å². The summed E-state index contributed by atoms with van der Waals surface area (Å²) in [6.45, 7) is 4.16. The summed E-state index contributed by atoms with van der Waals surface area (Å²) in [5.41, 5.74) is 0. The number of ether oxygens (including phenoxy) is 2. The molecule has 5 heteroatoms. The van der Waals surface area contributed by atoms with E-state index in [9.17, 15) is 14.7 Å². The van der Waals surface area contributed by atoms with Crippen molar-refractivity contribution < 1.29 is 24.2 Å². The van der Waals surface area contributed by atoms with Crippen molar-refractivity contribution >= 4 is 11.9 Å². The quantitative estimate of drug-likeness (QED) is 0.0374. The molecular formula is C63H116O5. The molecule has 0 aromatic rings. The Hall–Kier alpha value is -2.14. The van der Waals surface area contributed by atoms with E-state index >= 15 is 0 Å². The highest BCUT2D eigenvalue weighted by atomic mass is 16.6. The first kappa shape index (κ1) is 65.9. The minimum atomic E-state index is -0.772. The van der Waals surface area contributed by atoms with Crippen LogP contribution in [-0.4, -0.2) is 36.4 Å². The van der Waals surface area contributed by atoms with Crippen LogP contribution in [0.1, 0.15) is 322 Å². The predicted octanol–water partition coefficient (Wildman–Crippen LogP) is 20.4. The summed E-state index contributed by atoms with van der Waals surface area (Å²) in [4.78, 5) is 24.6. The molecule has 0 bridgehead atoms. The Balaban J connectivity index is 3.44. The maximum absolute atomic E-state index is 12.3. The second-order valence-electron chi connectivity index (χ2n) is 20.4. The molecule has 0 heterocycles. The number of rotatable bonds is 56. The first-order valence-corrected chi connectivity index (χ1v) is 30.2. The zero-order chi connectivity index (χ0) is 49.2. The van der Waals surface area contributed by atoms with Gasteiger partial charge >= 0.3 is 11.9 Å². The third-order valence-corrected chi connectivity index (χ3v) is 13.6. The van der Waals surface area contributed by atoms with Crippen LogP contribution in [0.25, 0.3) is 0 Å². The lowest BCUT2D eigenvalue weighted by atomic mass is 10.0. The zero-order valence-corrected chi connectivity index (χ0v) is 45.6. The molecule has 0 aromatic carbocycles. The fourth-order valence-corrected chi connectivity index (χ4v) is 9.03. The van der Waals surface area contributed by atoms with Gasteiger partial charge in [0, 0.05) is 12.8 Å². The third kappa shape index (κ3) is 56.4. The van der Waals surface area contributed by atoms with Crippen molar-refractivity contribution in [3.05, 3.63) is 48.6 Å². The van der Waals surface area contributed by atoms with E-state index < -0.39 is 6.10 Å². The SMILES string of the molecule is CCCCCCC/C=C\C/C=C\CCCCCCCCCCCCCCCCCCCC(=O)OC(CO)COC(=O)CCCCCCCCCCCCCCC/C=C\C/C=C\CCCCCCC. The molecule has 0 saturated heterocycles. The molecule has 1 N–H and O–H groups in total. The van der Waals surface area contributed by atoms with Gasteiger partial charge in [-0.05, 0) is 77.0 Å². The summed E-state index contributed by atoms with van der Waals surface area (Å²) < 4.78 is 10.7. The van der Waals surface area contributed by atoms with Crippen LogP contribution >= 0.6 is 0 Å². The number of aliphatic hydroxyl groups is 1. The molecule has 0 saturated carbocycles. The van der Waals surface area contributed by atoms with Gasteiger partial charge in [-0.3, -0.25) is 9.59 Å². The lowest BCUT2D eigenvalue weighted by molar-refractivity contribution is -0.161. The van der Waals surface area contributed by atoms with Gasteiger partial charge in [-0.25, -0.2) is 0 Å². The number of allylic oxidation sites excluding steroid dienone is 8. The second kappa shape index (κ2) is 59.2. The van der Waals surface area contributed by atoms with Gasteiger partial charge in [0.2, 0.25) is 0 Å². The van der Waals surface area contributed by atoms with Crippen LogP contribution < -0.4 is 0 Å². The fraction of sp³-hybridized carbons (Fsp3) is 0.841. The molecule has 1 atom stereocenters. The molecule has 0 radical (unpaired) electrons. The fourth-order valence-electron chi connectivity index (χ4n) is 9.03. The number of esters is 2. The van der Waals surface area contributed by atoms with Gasteiger partial charge in [0.05, 0.1) is 6.61 Å². The molecule has 398 valence electrons. The Morgan fingerprint density at radius 3 is 0.868 bits per heavy atom. The smallest absolute Gasteiger partial charge is 0.306 e. The summed E-state index contributed by atoms with van der Waals surface area (Å²) in [7, 11) is 0. The van der Waals surface area contributed by atoms with Gasteiger partial charge in [-0.1, -0.05) is 281 Å². The van der Waals surface area contributed by atoms with Gasteiger partial charge < -0.3 is 14.6 Å². The highest BCUT2D eigenvalue weighted by molar-refractivity contribution is 5.70. The van der Waals surface area contributed by atoms with E-state index in [0.717, 1.165) is 51.4 Å². The number of hydrogen-bond donors (Lipinski definition) is 1. The van der Waals surface area contributed by atoms with Crippen LogP contribution in [-0.2, 0) is 19.1 Å². The zero-order valence-electron chi connectivity index (χ0n) is 45.6. The van der Waals surface area contributed by atoms with Crippen LogP contribution in [0.15, 0.2) is 48.6 Å². The Kier molecular flexibility index (Phi) is 57.3. The Labute approximate surface area is 424 Å². The standard InChI is InChI=1S/C63H116O5/c1-3-5-7-9-11-13-15-17-19-21-23-25-27-29-30-31-32-34-36-38-40-42-44-46-48-50-52-54-56-58-63(66)68-61(59-64)60-67-62(65)57-55-53-51-49-47-45-43-41-39-37-35-33-28-26-24-22-20-18-16-14-12-10-8-6-4-2/h15-18,21-24,61,64H,3-14,19-20,25-60H2,1-2H3/b17-15-,18-16-,23-21-,24-22-. The molecule has 0 fully saturated rings. The number of aliphatic hydroxyl groups excluding tert-OH is 1. The Morgan fingerprint density at radius 2 is 0.588 bits per heavy atom. The van der Waals surface area contributed by atoms with Crippen molar-refractivity contribution in [3.63, 3.8) is 0 Å². The Morgan fingerprint density at radius 1 is 0.338 bits per heavy atom. The molecule has 0 aromatic heterocycles. The van der Waals surface area contributed by atoms with E-state index in [0.29, 0.717) is 12.8 Å². The second-order valence-corrected chi connectivity index (χ2v) is 20.4. The molecule has 0 rings (SSSR count). The lowest BCUT2D eigenvalue weighted by Gasteiger charge is -2.15. The number of carbonyl (C=O) groups is 2. The molecule has 0 spiro atoms.